The molecule has 3 rings (SSSR count). The van der Waals surface area contributed by atoms with Crippen molar-refractivity contribution in [1.29, 1.82) is 0 Å². The van der Waals surface area contributed by atoms with E-state index in [0.29, 0.717) is 43.4 Å². The molecule has 0 amide bonds. The lowest BCUT2D eigenvalue weighted by molar-refractivity contribution is 0.292. The number of H-pyrrole nitrogens is 1. The first-order valence-corrected chi connectivity index (χ1v) is 8.13. The number of hydrogen-bond donors (Lipinski definition) is 2. The van der Waals surface area contributed by atoms with Crippen LogP contribution >= 0.6 is 0 Å². The van der Waals surface area contributed by atoms with Gasteiger partial charge in [0.1, 0.15) is 17.7 Å². The number of methoxy groups -OCH3 is 2. The minimum absolute atomic E-state index is 0.120. The van der Waals surface area contributed by atoms with E-state index in [1.54, 1.807) is 26.5 Å². The Morgan fingerprint density at radius 3 is 2.84 bits per heavy atom. The van der Waals surface area contributed by atoms with E-state index in [1.165, 1.54) is 0 Å². The zero-order valence-electron chi connectivity index (χ0n) is 14.6. The van der Waals surface area contributed by atoms with E-state index in [-0.39, 0.29) is 6.04 Å². The topological polar surface area (TPSA) is 88.2 Å². The molecule has 2 atom stereocenters. The van der Waals surface area contributed by atoms with Gasteiger partial charge in [0.15, 0.2) is 17.3 Å². The summed E-state index contributed by atoms with van der Waals surface area (Å²) in [6.45, 7) is 1.47. The van der Waals surface area contributed by atoms with Crippen molar-refractivity contribution in [2.45, 2.75) is 31.7 Å². The fourth-order valence-corrected chi connectivity index (χ4v) is 2.96. The van der Waals surface area contributed by atoms with Crippen LogP contribution in [0.5, 0.6) is 11.5 Å². The lowest BCUT2D eigenvalue weighted by Crippen LogP contribution is -2.19. The summed E-state index contributed by atoms with van der Waals surface area (Å²) in [5.41, 5.74) is 0.779. The third kappa shape index (κ3) is 4.05. The van der Waals surface area contributed by atoms with E-state index in [0.717, 1.165) is 11.5 Å². The van der Waals surface area contributed by atoms with Crippen LogP contribution in [-0.4, -0.2) is 59.0 Å². The van der Waals surface area contributed by atoms with Gasteiger partial charge in [-0.3, -0.25) is 15.0 Å². The molecule has 0 unspecified atom stereocenters. The number of hydrogen-bond acceptors (Lipinski definition) is 7. The Morgan fingerprint density at radius 1 is 1.32 bits per heavy atom. The summed E-state index contributed by atoms with van der Waals surface area (Å²) < 4.78 is 24.0. The average molecular weight is 350 g/mol. The van der Waals surface area contributed by atoms with Crippen LogP contribution in [0.25, 0.3) is 0 Å². The van der Waals surface area contributed by atoms with Crippen molar-refractivity contribution in [1.82, 2.24) is 30.4 Å². The molecule has 2 N–H and O–H groups in total. The lowest BCUT2D eigenvalue weighted by atomic mass is 10.2. The summed E-state index contributed by atoms with van der Waals surface area (Å²) in [6, 6.07) is 1.64. The van der Waals surface area contributed by atoms with Crippen molar-refractivity contribution in [3.63, 3.8) is 0 Å². The van der Waals surface area contributed by atoms with E-state index < -0.39 is 6.17 Å². The van der Waals surface area contributed by atoms with Crippen LogP contribution in [0, 0.1) is 0 Å². The van der Waals surface area contributed by atoms with Gasteiger partial charge in [-0.25, -0.2) is 9.37 Å². The van der Waals surface area contributed by atoms with E-state index in [2.05, 4.69) is 25.5 Å². The molecule has 0 aromatic carbocycles. The molecule has 25 heavy (non-hydrogen) atoms. The number of halogens is 1. The molecule has 8 nitrogen and oxygen atoms in total. The Bertz CT molecular complexity index is 710. The number of pyridine rings is 1. The molecule has 2 aromatic heterocycles. The van der Waals surface area contributed by atoms with Crippen LogP contribution in [0.4, 0.5) is 4.39 Å². The maximum atomic E-state index is 13.3. The minimum Gasteiger partial charge on any atom is -0.493 e. The highest BCUT2D eigenvalue weighted by molar-refractivity contribution is 5.42. The second kappa shape index (κ2) is 7.75. The first-order chi connectivity index (χ1) is 12.1. The van der Waals surface area contributed by atoms with Crippen LogP contribution in [-0.2, 0) is 13.1 Å². The third-order valence-corrected chi connectivity index (χ3v) is 4.14. The van der Waals surface area contributed by atoms with Crippen molar-refractivity contribution < 1.29 is 13.9 Å². The van der Waals surface area contributed by atoms with Gasteiger partial charge < -0.3 is 14.8 Å². The monoisotopic (exact) mass is 350 g/mol. The SMILES string of the molecule is COc1ccnc(CN(C)Cc2nc([C@H]3C[C@H](F)CN3)n[nH]2)c1OC. The Kier molecular flexibility index (Phi) is 5.44. The second-order valence-electron chi connectivity index (χ2n) is 6.10. The molecule has 0 bridgehead atoms. The molecule has 1 saturated heterocycles. The lowest BCUT2D eigenvalue weighted by Gasteiger charge is -2.17. The Morgan fingerprint density at radius 2 is 2.16 bits per heavy atom. The number of ether oxygens (including phenoxy) is 2. The van der Waals surface area contributed by atoms with Crippen LogP contribution in [0.15, 0.2) is 12.3 Å². The zero-order valence-corrected chi connectivity index (χ0v) is 14.6. The molecule has 0 saturated carbocycles. The smallest absolute Gasteiger partial charge is 0.183 e. The number of aromatic nitrogens is 4. The standard InChI is InChI=1S/C16H23FN6O2/c1-23(8-12-15(25-3)13(24-2)4-5-18-12)9-14-20-16(22-21-14)11-6-10(17)7-19-11/h4-5,10-11,19H,6-9H2,1-3H3,(H,20,21,22)/t10-,11+/m0/s1. The van der Waals surface area contributed by atoms with E-state index in [4.69, 9.17) is 9.47 Å². The van der Waals surface area contributed by atoms with Crippen molar-refractivity contribution in [3.8, 4) is 11.5 Å². The van der Waals surface area contributed by atoms with Gasteiger partial charge in [-0.1, -0.05) is 0 Å². The predicted octanol–water partition coefficient (Wildman–Crippen LogP) is 1.22. The van der Waals surface area contributed by atoms with Gasteiger partial charge in [0.05, 0.1) is 26.8 Å². The molecule has 0 spiro atoms. The highest BCUT2D eigenvalue weighted by atomic mass is 19.1. The summed E-state index contributed by atoms with van der Waals surface area (Å²) >= 11 is 0. The molecular weight excluding hydrogens is 327 g/mol. The third-order valence-electron chi connectivity index (χ3n) is 4.14. The number of alkyl halides is 1. The molecule has 0 radical (unpaired) electrons. The van der Waals surface area contributed by atoms with Crippen LogP contribution in [0.3, 0.4) is 0 Å². The van der Waals surface area contributed by atoms with Crippen LogP contribution < -0.4 is 14.8 Å². The zero-order chi connectivity index (χ0) is 17.8. The van der Waals surface area contributed by atoms with Gasteiger partial charge >= 0.3 is 0 Å². The summed E-state index contributed by atoms with van der Waals surface area (Å²) in [5.74, 6) is 2.61. The van der Waals surface area contributed by atoms with E-state index in [1.807, 2.05) is 11.9 Å². The number of nitrogens with zero attached hydrogens (tertiary/aromatic N) is 4. The van der Waals surface area contributed by atoms with Gasteiger partial charge in [-0.15, -0.1) is 0 Å². The molecule has 9 heteroatoms. The summed E-state index contributed by atoms with van der Waals surface area (Å²) in [7, 11) is 5.15. The first-order valence-electron chi connectivity index (χ1n) is 8.13. The van der Waals surface area contributed by atoms with E-state index in [9.17, 15) is 4.39 Å². The molecule has 1 fully saturated rings. The van der Waals surface area contributed by atoms with Gasteiger partial charge in [0, 0.05) is 31.8 Å². The first kappa shape index (κ1) is 17.6. The molecule has 1 aliphatic rings. The predicted molar refractivity (Wildman–Crippen MR) is 89.2 cm³/mol. The summed E-state index contributed by atoms with van der Waals surface area (Å²) in [6.07, 6.45) is 1.27. The highest BCUT2D eigenvalue weighted by Crippen LogP contribution is 2.29. The Balaban J connectivity index is 1.63. The van der Waals surface area contributed by atoms with Crippen LogP contribution in [0.2, 0.25) is 0 Å². The minimum atomic E-state index is -0.832. The fraction of sp³-hybridized carbons (Fsp3) is 0.562. The van der Waals surface area contributed by atoms with Crippen molar-refractivity contribution in [3.05, 3.63) is 29.6 Å². The fourth-order valence-electron chi connectivity index (χ4n) is 2.96. The molecule has 1 aliphatic heterocycles. The van der Waals surface area contributed by atoms with Gasteiger partial charge in [0.25, 0.3) is 0 Å². The quantitative estimate of drug-likeness (QED) is 0.776. The van der Waals surface area contributed by atoms with Crippen molar-refractivity contribution in [2.24, 2.45) is 0 Å². The normalized spacial score (nSPS) is 20.2. The summed E-state index contributed by atoms with van der Waals surface area (Å²) in [5, 5.41) is 10.2. The molecule has 0 aliphatic carbocycles. The second-order valence-corrected chi connectivity index (χ2v) is 6.10. The number of nitrogens with one attached hydrogen (secondary N) is 2. The maximum absolute atomic E-state index is 13.3. The van der Waals surface area contributed by atoms with E-state index >= 15 is 0 Å². The van der Waals surface area contributed by atoms with Crippen LogP contribution in [0.1, 0.15) is 29.8 Å². The van der Waals surface area contributed by atoms with Gasteiger partial charge in [-0.05, 0) is 7.05 Å². The molecule has 136 valence electrons. The molecular formula is C16H23FN6O2. The molecule has 2 aromatic rings. The van der Waals surface area contributed by atoms with Gasteiger partial charge in [-0.2, -0.15) is 5.10 Å². The van der Waals surface area contributed by atoms with Crippen molar-refractivity contribution >= 4 is 0 Å². The highest BCUT2D eigenvalue weighted by Gasteiger charge is 2.28. The largest absolute Gasteiger partial charge is 0.493 e. The average Bonchev–Trinajstić information content (AvgIpc) is 3.23. The summed E-state index contributed by atoms with van der Waals surface area (Å²) in [4.78, 5) is 10.9. The maximum Gasteiger partial charge on any atom is 0.183 e. The molecule has 3 heterocycles. The number of aromatic amines is 1. The Hall–Kier alpha value is -2.26. The Labute approximate surface area is 145 Å². The van der Waals surface area contributed by atoms with Gasteiger partial charge in [0.2, 0.25) is 0 Å². The number of rotatable bonds is 7. The van der Waals surface area contributed by atoms with Crippen molar-refractivity contribution in [2.75, 3.05) is 27.8 Å².